The number of carbonyl (C=O) groups excluding carboxylic acids is 2. The van der Waals surface area contributed by atoms with Gasteiger partial charge in [0.05, 0.1) is 64.4 Å². The molecule has 1 atom stereocenters. The Hall–Kier alpha value is -2.78. The van der Waals surface area contributed by atoms with Gasteiger partial charge in [0, 0.05) is 12.6 Å². The van der Waals surface area contributed by atoms with Gasteiger partial charge in [-0.25, -0.2) is 4.79 Å². The van der Waals surface area contributed by atoms with Crippen molar-refractivity contribution in [3.63, 3.8) is 0 Å². The van der Waals surface area contributed by atoms with Crippen LogP contribution in [0.5, 0.6) is 11.5 Å². The van der Waals surface area contributed by atoms with Gasteiger partial charge in [0.15, 0.2) is 11.5 Å². The molecular weight excluding hydrogens is 388 g/mol. The molecule has 2 N–H and O–H groups in total. The summed E-state index contributed by atoms with van der Waals surface area (Å²) in [6.45, 7) is 5.38. The van der Waals surface area contributed by atoms with Crippen molar-refractivity contribution in [1.82, 2.24) is 15.1 Å². The van der Waals surface area contributed by atoms with Gasteiger partial charge in [-0.1, -0.05) is 12.1 Å². The predicted molar refractivity (Wildman–Crippen MR) is 109 cm³/mol. The summed E-state index contributed by atoms with van der Waals surface area (Å²) in [5.41, 5.74) is 2.05. The fourth-order valence-electron chi connectivity index (χ4n) is 4.38. The molecule has 9 nitrogen and oxygen atoms in total. The highest BCUT2D eigenvalue weighted by Crippen LogP contribution is 2.42. The molecule has 0 spiro atoms. The Labute approximate surface area is 176 Å². The largest absolute Gasteiger partial charge is 0.493 e. The Morgan fingerprint density at radius 2 is 1.97 bits per heavy atom. The number of nitrogens with one attached hydrogen (secondary N) is 2. The Bertz CT molecular complexity index is 865. The zero-order chi connectivity index (χ0) is 21.3. The number of morpholine rings is 1. The van der Waals surface area contributed by atoms with E-state index in [1.54, 1.807) is 27.3 Å². The lowest BCUT2D eigenvalue weighted by Gasteiger charge is -2.31. The third-order valence-electron chi connectivity index (χ3n) is 6.11. The van der Waals surface area contributed by atoms with Crippen LogP contribution in [0, 0.1) is 0 Å². The zero-order valence-corrected chi connectivity index (χ0v) is 17.7. The van der Waals surface area contributed by atoms with Crippen LogP contribution in [-0.4, -0.2) is 88.9 Å². The van der Waals surface area contributed by atoms with E-state index in [1.165, 1.54) is 9.80 Å². The summed E-state index contributed by atoms with van der Waals surface area (Å²) < 4.78 is 16.4. The van der Waals surface area contributed by atoms with Gasteiger partial charge in [-0.3, -0.25) is 9.69 Å². The summed E-state index contributed by atoms with van der Waals surface area (Å²) in [6.07, 6.45) is 0. The van der Waals surface area contributed by atoms with Crippen LogP contribution in [0.4, 0.5) is 4.79 Å². The Morgan fingerprint density at radius 3 is 2.67 bits per heavy atom. The van der Waals surface area contributed by atoms with Crippen LogP contribution in [0.15, 0.2) is 29.5 Å². The summed E-state index contributed by atoms with van der Waals surface area (Å²) >= 11 is 0. The molecular formula is C21H29N4O5+. The molecule has 1 aromatic carbocycles. The summed E-state index contributed by atoms with van der Waals surface area (Å²) in [7, 11) is 4.82. The van der Waals surface area contributed by atoms with Gasteiger partial charge in [0.25, 0.3) is 5.91 Å². The van der Waals surface area contributed by atoms with Crippen LogP contribution < -0.4 is 19.7 Å². The van der Waals surface area contributed by atoms with Crippen molar-refractivity contribution in [3.8, 4) is 11.5 Å². The monoisotopic (exact) mass is 417 g/mol. The quantitative estimate of drug-likeness (QED) is 0.647. The number of methoxy groups -OCH3 is 2. The fourth-order valence-corrected chi connectivity index (χ4v) is 4.38. The van der Waals surface area contributed by atoms with E-state index in [9.17, 15) is 9.59 Å². The van der Waals surface area contributed by atoms with Gasteiger partial charge < -0.3 is 29.3 Å². The number of carbonyl (C=O) groups is 2. The Morgan fingerprint density at radius 1 is 1.20 bits per heavy atom. The van der Waals surface area contributed by atoms with Gasteiger partial charge >= 0.3 is 6.03 Å². The molecule has 1 saturated heterocycles. The number of urea groups is 1. The maximum atomic E-state index is 13.4. The van der Waals surface area contributed by atoms with Crippen LogP contribution in [-0.2, 0) is 9.53 Å². The molecule has 162 valence electrons. The van der Waals surface area contributed by atoms with E-state index in [1.807, 2.05) is 17.0 Å². The standard InChI is InChI=1S/C21H28N4O5/c1-23-15-13-25(8-7-24-9-11-30-12-10-24)20(26)17(15)18(22-21(23)27)14-5-4-6-16(28-2)19(14)29-3/h4-6,18H,7-13H2,1-3H3,(H,22,27)/p+1/t18-/m0/s1. The number of hydrogen-bond acceptors (Lipinski definition) is 5. The Kier molecular flexibility index (Phi) is 5.83. The highest BCUT2D eigenvalue weighted by Gasteiger charge is 2.44. The van der Waals surface area contributed by atoms with Gasteiger partial charge in [-0.15, -0.1) is 0 Å². The van der Waals surface area contributed by atoms with E-state index in [2.05, 4.69) is 5.32 Å². The van der Waals surface area contributed by atoms with Crippen molar-refractivity contribution >= 4 is 11.9 Å². The molecule has 0 bridgehead atoms. The molecule has 9 heteroatoms. The minimum Gasteiger partial charge on any atom is -0.493 e. The number of quaternary nitrogens is 1. The van der Waals surface area contributed by atoms with E-state index in [-0.39, 0.29) is 11.9 Å². The topological polar surface area (TPSA) is 84.8 Å². The second kappa shape index (κ2) is 8.53. The maximum absolute atomic E-state index is 13.4. The van der Waals surface area contributed by atoms with Gasteiger partial charge in [0.1, 0.15) is 13.1 Å². The van der Waals surface area contributed by atoms with E-state index >= 15 is 0 Å². The molecule has 0 unspecified atom stereocenters. The van der Waals surface area contributed by atoms with Crippen LogP contribution >= 0.6 is 0 Å². The first-order valence-corrected chi connectivity index (χ1v) is 10.2. The number of rotatable bonds is 6. The van der Waals surface area contributed by atoms with Crippen molar-refractivity contribution in [1.29, 1.82) is 0 Å². The van der Waals surface area contributed by atoms with Crippen LogP contribution in [0.2, 0.25) is 0 Å². The molecule has 0 aromatic heterocycles. The van der Waals surface area contributed by atoms with Crippen molar-refractivity contribution in [2.45, 2.75) is 6.04 Å². The predicted octanol–water partition coefficient (Wildman–Crippen LogP) is -0.589. The highest BCUT2D eigenvalue weighted by molar-refractivity contribution is 6.01. The molecule has 3 heterocycles. The number of benzene rings is 1. The molecule has 1 fully saturated rings. The molecule has 3 amide bonds. The van der Waals surface area contributed by atoms with E-state index in [0.717, 1.165) is 38.5 Å². The molecule has 0 saturated carbocycles. The minimum atomic E-state index is -0.581. The molecule has 4 rings (SSSR count). The van der Waals surface area contributed by atoms with Gasteiger partial charge in [-0.05, 0) is 6.07 Å². The van der Waals surface area contributed by atoms with Crippen LogP contribution in [0.1, 0.15) is 11.6 Å². The lowest BCUT2D eigenvalue weighted by Crippen LogP contribution is -3.14. The zero-order valence-electron chi connectivity index (χ0n) is 17.7. The number of likely N-dealkylation sites (N-methyl/N-ethyl adjacent to an activating group) is 1. The first kappa shape index (κ1) is 20.5. The van der Waals surface area contributed by atoms with Gasteiger partial charge in [-0.2, -0.15) is 0 Å². The van der Waals surface area contributed by atoms with Crippen LogP contribution in [0.3, 0.4) is 0 Å². The third kappa shape index (κ3) is 3.59. The summed E-state index contributed by atoms with van der Waals surface area (Å²) in [5, 5.41) is 2.96. The maximum Gasteiger partial charge on any atom is 0.322 e. The van der Waals surface area contributed by atoms with E-state index in [0.29, 0.717) is 35.7 Å². The summed E-state index contributed by atoms with van der Waals surface area (Å²) in [5.74, 6) is 1.04. The van der Waals surface area contributed by atoms with Gasteiger partial charge in [0.2, 0.25) is 0 Å². The minimum absolute atomic E-state index is 0.0422. The van der Waals surface area contributed by atoms with E-state index < -0.39 is 6.04 Å². The first-order valence-electron chi connectivity index (χ1n) is 10.2. The second-order valence-corrected chi connectivity index (χ2v) is 7.72. The number of para-hydroxylation sites is 1. The van der Waals surface area contributed by atoms with E-state index in [4.69, 9.17) is 14.2 Å². The molecule has 0 aliphatic carbocycles. The number of nitrogens with zero attached hydrogens (tertiary/aromatic N) is 2. The van der Waals surface area contributed by atoms with Crippen LogP contribution in [0.25, 0.3) is 0 Å². The SMILES string of the molecule is COc1cccc([C@@H]2NC(=O)N(C)C3=C2C(=O)N(CC[NH+]2CCOCC2)C3)c1OC. The third-order valence-corrected chi connectivity index (χ3v) is 6.11. The summed E-state index contributed by atoms with van der Waals surface area (Å²) in [4.78, 5) is 30.9. The molecule has 1 aromatic rings. The van der Waals surface area contributed by atoms with Crippen molar-refractivity contribution < 1.29 is 28.7 Å². The van der Waals surface area contributed by atoms with Crippen molar-refractivity contribution in [2.75, 3.05) is 67.2 Å². The number of hydrogen-bond donors (Lipinski definition) is 2. The molecule has 3 aliphatic heterocycles. The lowest BCUT2D eigenvalue weighted by molar-refractivity contribution is -0.907. The van der Waals surface area contributed by atoms with Crippen molar-refractivity contribution in [3.05, 3.63) is 35.0 Å². The summed E-state index contributed by atoms with van der Waals surface area (Å²) in [6, 6.07) is 4.66. The highest BCUT2D eigenvalue weighted by atomic mass is 16.5. The normalized spacial score (nSPS) is 22.3. The molecule has 0 radical (unpaired) electrons. The fraction of sp³-hybridized carbons (Fsp3) is 0.524. The number of amides is 3. The molecule has 3 aliphatic rings. The lowest BCUT2D eigenvalue weighted by atomic mass is 9.94. The smallest absolute Gasteiger partial charge is 0.322 e. The average Bonchev–Trinajstić information content (AvgIpc) is 3.11. The Balaban J connectivity index is 1.61. The second-order valence-electron chi connectivity index (χ2n) is 7.72. The molecule has 30 heavy (non-hydrogen) atoms. The first-order chi connectivity index (χ1) is 14.5. The van der Waals surface area contributed by atoms with Crippen molar-refractivity contribution in [2.24, 2.45) is 0 Å². The number of ether oxygens (including phenoxy) is 3. The average molecular weight is 417 g/mol.